The topological polar surface area (TPSA) is 87.2 Å². The molecule has 1 aromatic rings. The Labute approximate surface area is 89.1 Å². The van der Waals surface area contributed by atoms with Crippen molar-refractivity contribution in [1.82, 2.24) is 9.55 Å². The van der Waals surface area contributed by atoms with Gasteiger partial charge in [-0.1, -0.05) is 0 Å². The molecule has 0 saturated heterocycles. The summed E-state index contributed by atoms with van der Waals surface area (Å²) in [5, 5.41) is 4.83. The summed E-state index contributed by atoms with van der Waals surface area (Å²) in [4.78, 5) is 3.71. The third kappa shape index (κ3) is 3.98. The predicted molar refractivity (Wildman–Crippen MR) is 54.7 cm³/mol. The van der Waals surface area contributed by atoms with Crippen LogP contribution in [0.3, 0.4) is 0 Å². The van der Waals surface area contributed by atoms with E-state index in [-0.39, 0.29) is 5.03 Å². The van der Waals surface area contributed by atoms with Crippen LogP contribution in [0.2, 0.25) is 0 Å². The van der Waals surface area contributed by atoms with E-state index in [4.69, 9.17) is 9.88 Å². The normalized spacial score (nSPS) is 11.9. The molecule has 0 aliphatic rings. The zero-order valence-corrected chi connectivity index (χ0v) is 9.40. The van der Waals surface area contributed by atoms with Gasteiger partial charge in [0, 0.05) is 26.5 Å². The lowest BCUT2D eigenvalue weighted by atomic mass is 10.3. The molecule has 0 aromatic carbocycles. The maximum Gasteiger partial charge on any atom is 0.257 e. The van der Waals surface area contributed by atoms with E-state index in [1.807, 2.05) is 0 Å². The van der Waals surface area contributed by atoms with Gasteiger partial charge in [0.2, 0.25) is 0 Å². The Kier molecular flexibility index (Phi) is 4.25. The Bertz CT molecular complexity index is 399. The van der Waals surface area contributed by atoms with E-state index in [9.17, 15) is 8.42 Å². The van der Waals surface area contributed by atoms with E-state index in [2.05, 4.69) is 4.98 Å². The summed E-state index contributed by atoms with van der Waals surface area (Å²) in [6.07, 6.45) is 4.74. The largest absolute Gasteiger partial charge is 0.385 e. The maximum atomic E-state index is 10.9. The number of imidazole rings is 1. The molecule has 6 nitrogen and oxygen atoms in total. The molecule has 0 spiro atoms. The molecule has 0 aliphatic heterocycles. The maximum absolute atomic E-state index is 10.9. The van der Waals surface area contributed by atoms with Gasteiger partial charge in [-0.2, -0.15) is 0 Å². The smallest absolute Gasteiger partial charge is 0.257 e. The van der Waals surface area contributed by atoms with Gasteiger partial charge in [0.05, 0.1) is 6.33 Å². The van der Waals surface area contributed by atoms with Crippen molar-refractivity contribution < 1.29 is 13.2 Å². The summed E-state index contributed by atoms with van der Waals surface area (Å²) >= 11 is 0. The standard InChI is InChI=1S/C8H15N3O3S/c1-14-5-3-2-4-11-6-8(10-7-11)15(9,12)13/h6-7H,2-5H2,1H3,(H2,9,12,13). The molecule has 0 unspecified atom stereocenters. The molecule has 0 fully saturated rings. The lowest BCUT2D eigenvalue weighted by Gasteiger charge is -2.00. The van der Waals surface area contributed by atoms with Gasteiger partial charge in [-0.05, 0) is 12.8 Å². The number of hydrogen-bond acceptors (Lipinski definition) is 4. The summed E-state index contributed by atoms with van der Waals surface area (Å²) in [6.45, 7) is 1.42. The summed E-state index contributed by atoms with van der Waals surface area (Å²) in [5.74, 6) is 0. The molecular weight excluding hydrogens is 218 g/mol. The highest BCUT2D eigenvalue weighted by Crippen LogP contribution is 2.03. The number of sulfonamides is 1. The molecule has 0 amide bonds. The molecule has 86 valence electrons. The fourth-order valence-corrected chi connectivity index (χ4v) is 1.63. The van der Waals surface area contributed by atoms with Crippen LogP contribution < -0.4 is 5.14 Å². The number of ether oxygens (including phenoxy) is 1. The van der Waals surface area contributed by atoms with Crippen LogP contribution in [0.15, 0.2) is 17.6 Å². The molecule has 0 bridgehead atoms. The van der Waals surface area contributed by atoms with E-state index < -0.39 is 10.0 Å². The zero-order valence-electron chi connectivity index (χ0n) is 8.59. The fraction of sp³-hybridized carbons (Fsp3) is 0.625. The number of unbranched alkanes of at least 4 members (excludes halogenated alkanes) is 1. The predicted octanol–water partition coefficient (Wildman–Crippen LogP) is -0.0429. The molecule has 1 heterocycles. The van der Waals surface area contributed by atoms with Crippen molar-refractivity contribution >= 4 is 10.0 Å². The number of rotatable bonds is 6. The summed E-state index contributed by atoms with van der Waals surface area (Å²) < 4.78 is 28.4. The number of hydrogen-bond donors (Lipinski definition) is 1. The Morgan fingerprint density at radius 1 is 1.53 bits per heavy atom. The molecule has 1 rings (SSSR count). The summed E-state index contributed by atoms with van der Waals surface area (Å²) in [7, 11) is -2.02. The van der Waals surface area contributed by atoms with Crippen LogP contribution in [-0.2, 0) is 21.3 Å². The first kappa shape index (κ1) is 12.2. The number of methoxy groups -OCH3 is 1. The Morgan fingerprint density at radius 2 is 2.27 bits per heavy atom. The molecule has 1 aromatic heterocycles. The van der Waals surface area contributed by atoms with Crippen LogP contribution in [0.25, 0.3) is 0 Å². The lowest BCUT2D eigenvalue weighted by molar-refractivity contribution is 0.191. The lowest BCUT2D eigenvalue weighted by Crippen LogP contribution is -2.12. The molecule has 0 radical (unpaired) electrons. The molecule has 0 saturated carbocycles. The van der Waals surface area contributed by atoms with Crippen LogP contribution in [0, 0.1) is 0 Å². The number of primary sulfonamides is 1. The Balaban J connectivity index is 2.47. The van der Waals surface area contributed by atoms with Crippen molar-refractivity contribution in [3.63, 3.8) is 0 Å². The first-order chi connectivity index (χ1) is 7.04. The van der Waals surface area contributed by atoms with Crippen molar-refractivity contribution in [3.8, 4) is 0 Å². The van der Waals surface area contributed by atoms with Gasteiger partial charge in [0.25, 0.3) is 10.0 Å². The highest BCUT2D eigenvalue weighted by atomic mass is 32.2. The first-order valence-electron chi connectivity index (χ1n) is 4.57. The average molecular weight is 233 g/mol. The van der Waals surface area contributed by atoms with Gasteiger partial charge >= 0.3 is 0 Å². The molecule has 2 N–H and O–H groups in total. The third-order valence-electron chi connectivity index (χ3n) is 1.92. The van der Waals surface area contributed by atoms with Crippen molar-refractivity contribution in [3.05, 3.63) is 12.5 Å². The number of aryl methyl sites for hydroxylation is 1. The molecule has 0 aliphatic carbocycles. The Morgan fingerprint density at radius 3 is 2.80 bits per heavy atom. The average Bonchev–Trinajstić information content (AvgIpc) is 2.60. The van der Waals surface area contributed by atoms with Crippen LogP contribution >= 0.6 is 0 Å². The number of nitrogens with two attached hydrogens (primary N) is 1. The third-order valence-corrected chi connectivity index (χ3v) is 2.71. The van der Waals surface area contributed by atoms with Crippen molar-refractivity contribution in [1.29, 1.82) is 0 Å². The highest BCUT2D eigenvalue weighted by molar-refractivity contribution is 7.89. The molecule has 15 heavy (non-hydrogen) atoms. The van der Waals surface area contributed by atoms with Crippen molar-refractivity contribution in [2.75, 3.05) is 13.7 Å². The second-order valence-electron chi connectivity index (χ2n) is 3.19. The van der Waals surface area contributed by atoms with E-state index in [1.54, 1.807) is 11.7 Å². The fourth-order valence-electron chi connectivity index (χ4n) is 1.15. The van der Waals surface area contributed by atoms with Gasteiger partial charge in [0.15, 0.2) is 5.03 Å². The Hall–Kier alpha value is -0.920. The molecule has 0 atom stereocenters. The van der Waals surface area contributed by atoms with E-state index in [0.717, 1.165) is 12.8 Å². The SMILES string of the molecule is COCCCCn1cnc(S(N)(=O)=O)c1. The summed E-state index contributed by atoms with van der Waals surface area (Å²) in [5.41, 5.74) is 0. The minimum Gasteiger partial charge on any atom is -0.385 e. The zero-order chi connectivity index (χ0) is 11.3. The van der Waals surface area contributed by atoms with E-state index in [1.165, 1.54) is 12.5 Å². The van der Waals surface area contributed by atoms with Gasteiger partial charge in [-0.25, -0.2) is 18.5 Å². The molecular formula is C8H15N3O3S. The van der Waals surface area contributed by atoms with Crippen molar-refractivity contribution in [2.45, 2.75) is 24.4 Å². The minimum atomic E-state index is -3.67. The van der Waals surface area contributed by atoms with Gasteiger partial charge in [0.1, 0.15) is 0 Å². The van der Waals surface area contributed by atoms with Gasteiger partial charge in [-0.15, -0.1) is 0 Å². The first-order valence-corrected chi connectivity index (χ1v) is 6.12. The minimum absolute atomic E-state index is 0.0887. The summed E-state index contributed by atoms with van der Waals surface area (Å²) in [6, 6.07) is 0. The van der Waals surface area contributed by atoms with Crippen molar-refractivity contribution in [2.24, 2.45) is 5.14 Å². The van der Waals surface area contributed by atoms with Crippen LogP contribution in [0.5, 0.6) is 0 Å². The van der Waals surface area contributed by atoms with Gasteiger partial charge < -0.3 is 9.30 Å². The van der Waals surface area contributed by atoms with E-state index in [0.29, 0.717) is 13.2 Å². The van der Waals surface area contributed by atoms with Crippen LogP contribution in [0.4, 0.5) is 0 Å². The monoisotopic (exact) mass is 233 g/mol. The quantitative estimate of drug-likeness (QED) is 0.698. The van der Waals surface area contributed by atoms with Crippen LogP contribution in [0.1, 0.15) is 12.8 Å². The van der Waals surface area contributed by atoms with Crippen LogP contribution in [-0.4, -0.2) is 31.7 Å². The number of nitrogens with zero attached hydrogens (tertiary/aromatic N) is 2. The highest BCUT2D eigenvalue weighted by Gasteiger charge is 2.10. The second-order valence-corrected chi connectivity index (χ2v) is 4.70. The van der Waals surface area contributed by atoms with E-state index >= 15 is 0 Å². The second kappa shape index (κ2) is 5.24. The number of aromatic nitrogens is 2. The molecule has 7 heteroatoms. The van der Waals surface area contributed by atoms with Gasteiger partial charge in [-0.3, -0.25) is 0 Å².